The van der Waals surface area contributed by atoms with Gasteiger partial charge in [0.15, 0.2) is 5.65 Å². The molecule has 1 amide bonds. The first-order valence-electron chi connectivity index (χ1n) is 14.8. The maximum absolute atomic E-state index is 15.0. The van der Waals surface area contributed by atoms with Gasteiger partial charge in [0.05, 0.1) is 17.3 Å². The number of nitrogens with zero attached hydrogens (tertiary/aromatic N) is 9. The molecule has 1 saturated heterocycles. The largest absolute Gasteiger partial charge is 0.445 e. The van der Waals surface area contributed by atoms with Crippen LogP contribution in [0.1, 0.15) is 22.5 Å². The van der Waals surface area contributed by atoms with Crippen molar-refractivity contribution in [1.82, 2.24) is 44.3 Å². The second kappa shape index (κ2) is 11.6. The Kier molecular flexibility index (Phi) is 7.33. The average Bonchev–Trinajstić information content (AvgIpc) is 3.76. The van der Waals surface area contributed by atoms with E-state index in [1.54, 1.807) is 31.6 Å². The molecule has 45 heavy (non-hydrogen) atoms. The first kappa shape index (κ1) is 28.4. The van der Waals surface area contributed by atoms with Crippen molar-refractivity contribution >= 4 is 34.2 Å². The Morgan fingerprint density at radius 2 is 1.93 bits per heavy atom. The number of hydrogen-bond acceptors (Lipinski definition) is 10. The second-order valence-electron chi connectivity index (χ2n) is 10.9. The summed E-state index contributed by atoms with van der Waals surface area (Å²) in [6.07, 6.45) is 5.60. The van der Waals surface area contributed by atoms with E-state index in [4.69, 9.17) is 20.1 Å². The van der Waals surface area contributed by atoms with Crippen LogP contribution in [0.3, 0.4) is 0 Å². The number of halogens is 1. The quantitative estimate of drug-likeness (QED) is 0.276. The number of hydrogen-bond donors (Lipinski definition) is 2. The Bertz CT molecular complexity index is 2000. The van der Waals surface area contributed by atoms with Crippen LogP contribution in [0.25, 0.3) is 39.7 Å². The van der Waals surface area contributed by atoms with Gasteiger partial charge in [-0.25, -0.2) is 14.4 Å². The van der Waals surface area contributed by atoms with E-state index in [2.05, 4.69) is 30.2 Å². The number of aryl methyl sites for hydroxylation is 1. The fourth-order valence-electron chi connectivity index (χ4n) is 6.07. The minimum absolute atomic E-state index is 0.161. The van der Waals surface area contributed by atoms with Gasteiger partial charge in [0.25, 0.3) is 5.91 Å². The van der Waals surface area contributed by atoms with Crippen molar-refractivity contribution in [3.8, 4) is 23.0 Å². The van der Waals surface area contributed by atoms with E-state index in [0.717, 1.165) is 24.1 Å². The number of aromatic nitrogens is 7. The second-order valence-corrected chi connectivity index (χ2v) is 10.9. The number of pyridine rings is 1. The number of fused-ring (bicyclic) bond motifs is 3. The van der Waals surface area contributed by atoms with Crippen LogP contribution in [0.5, 0.6) is 0 Å². The molecule has 0 unspecified atom stereocenters. The third kappa shape index (κ3) is 5.12. The number of oxazole rings is 1. The molecule has 5 aromatic heterocycles. The molecular formula is C31H32FN11O2. The number of benzene rings is 1. The predicted octanol–water partition coefficient (Wildman–Crippen LogP) is 3.40. The van der Waals surface area contributed by atoms with Crippen molar-refractivity contribution in [3.63, 3.8) is 0 Å². The van der Waals surface area contributed by atoms with Crippen molar-refractivity contribution in [2.24, 2.45) is 0 Å². The summed E-state index contributed by atoms with van der Waals surface area (Å²) in [5.74, 6) is 0.531. The Morgan fingerprint density at radius 3 is 2.71 bits per heavy atom. The Hall–Kier alpha value is -5.37. The van der Waals surface area contributed by atoms with Crippen LogP contribution < -0.4 is 16.0 Å². The van der Waals surface area contributed by atoms with Gasteiger partial charge in [0.2, 0.25) is 17.7 Å². The molecule has 1 aliphatic rings. The van der Waals surface area contributed by atoms with Gasteiger partial charge in [-0.3, -0.25) is 14.7 Å². The zero-order valence-electron chi connectivity index (χ0n) is 24.9. The van der Waals surface area contributed by atoms with Gasteiger partial charge in [-0.15, -0.1) is 5.10 Å². The van der Waals surface area contributed by atoms with Crippen LogP contribution in [0, 0.1) is 12.7 Å². The number of amides is 1. The first-order valence-corrected chi connectivity index (χ1v) is 14.8. The van der Waals surface area contributed by atoms with Gasteiger partial charge in [-0.05, 0) is 55.8 Å². The minimum Gasteiger partial charge on any atom is -0.445 e. The molecule has 0 radical (unpaired) electrons. The van der Waals surface area contributed by atoms with Gasteiger partial charge in [0.1, 0.15) is 29.1 Å². The molecule has 0 bridgehead atoms. The van der Waals surface area contributed by atoms with Gasteiger partial charge in [-0.2, -0.15) is 9.50 Å². The SMILES string of the molecule is CNC(=O)c1c(C)c2c(nc(N)n3nc(-c4ccccn4)nc23)n1CCN1CCCN(c2cc(-c3ncco3)ccc2F)CC1. The lowest BCUT2D eigenvalue weighted by Gasteiger charge is -2.24. The van der Waals surface area contributed by atoms with Gasteiger partial charge in [-0.1, -0.05) is 6.07 Å². The Morgan fingerprint density at radius 1 is 1.04 bits per heavy atom. The number of carbonyl (C=O) groups excluding carboxylic acids is 1. The summed E-state index contributed by atoms with van der Waals surface area (Å²) in [6.45, 7) is 5.92. The molecule has 6 aromatic rings. The van der Waals surface area contributed by atoms with Crippen LogP contribution in [0.4, 0.5) is 16.0 Å². The van der Waals surface area contributed by atoms with E-state index in [-0.39, 0.29) is 17.7 Å². The van der Waals surface area contributed by atoms with E-state index in [9.17, 15) is 9.18 Å². The van der Waals surface area contributed by atoms with Crippen LogP contribution in [0.2, 0.25) is 0 Å². The van der Waals surface area contributed by atoms with Gasteiger partial charge < -0.3 is 24.9 Å². The standard InChI is InChI=1S/C31H32FN11O2/c1-19-24-27(38-31(33)43-28(24)37-26(39-43)22-6-3-4-9-35-22)42(25(19)29(44)34-2)16-14-40-11-5-12-41(15-13-40)23-18-20(7-8-21(23)32)30-36-10-17-45-30/h3-4,6-10,17-18H,5,11-16H2,1-2H3,(H2,33,38)(H,34,44). The third-order valence-electron chi connectivity index (χ3n) is 8.28. The number of rotatable bonds is 7. The zero-order valence-corrected chi connectivity index (χ0v) is 24.9. The lowest BCUT2D eigenvalue weighted by atomic mass is 10.1. The molecular weight excluding hydrogens is 577 g/mol. The highest BCUT2D eigenvalue weighted by Crippen LogP contribution is 2.31. The molecule has 0 aliphatic carbocycles. The fraction of sp³-hybridized carbons (Fsp3) is 0.290. The maximum atomic E-state index is 15.0. The van der Waals surface area contributed by atoms with E-state index < -0.39 is 0 Å². The summed E-state index contributed by atoms with van der Waals surface area (Å²) < 4.78 is 23.8. The molecule has 1 fully saturated rings. The van der Waals surface area contributed by atoms with Crippen LogP contribution >= 0.6 is 0 Å². The summed E-state index contributed by atoms with van der Waals surface area (Å²) in [4.78, 5) is 35.6. The molecule has 13 nitrogen and oxygen atoms in total. The number of nitrogens with one attached hydrogen (secondary N) is 1. The maximum Gasteiger partial charge on any atom is 0.268 e. The molecule has 6 heterocycles. The molecule has 0 saturated carbocycles. The molecule has 0 atom stereocenters. The summed E-state index contributed by atoms with van der Waals surface area (Å²) in [5, 5.41) is 8.04. The summed E-state index contributed by atoms with van der Waals surface area (Å²) >= 11 is 0. The number of nitrogen functional groups attached to an aromatic ring is 1. The number of anilines is 2. The molecule has 14 heteroatoms. The monoisotopic (exact) mass is 609 g/mol. The molecule has 3 N–H and O–H groups in total. The highest BCUT2D eigenvalue weighted by atomic mass is 19.1. The molecule has 0 spiro atoms. The zero-order chi connectivity index (χ0) is 31.1. The van der Waals surface area contributed by atoms with E-state index in [1.165, 1.54) is 16.8 Å². The van der Waals surface area contributed by atoms with Crippen LogP contribution in [-0.2, 0) is 6.54 Å². The van der Waals surface area contributed by atoms with Gasteiger partial charge in [0, 0.05) is 51.5 Å². The lowest BCUT2D eigenvalue weighted by Crippen LogP contribution is -2.34. The highest BCUT2D eigenvalue weighted by Gasteiger charge is 2.26. The number of carbonyl (C=O) groups is 1. The Labute approximate surface area is 257 Å². The first-order chi connectivity index (χ1) is 21.9. The summed E-state index contributed by atoms with van der Waals surface area (Å²) in [5.41, 5.74) is 10.6. The average molecular weight is 610 g/mol. The van der Waals surface area contributed by atoms with Gasteiger partial charge >= 0.3 is 0 Å². The van der Waals surface area contributed by atoms with Crippen LogP contribution in [0.15, 0.2) is 59.5 Å². The van der Waals surface area contributed by atoms with Crippen molar-refractivity contribution < 1.29 is 13.6 Å². The van der Waals surface area contributed by atoms with Crippen molar-refractivity contribution in [2.45, 2.75) is 19.9 Å². The topological polar surface area (TPSA) is 149 Å². The van der Waals surface area contributed by atoms with Crippen molar-refractivity contribution in [2.75, 3.05) is 50.4 Å². The van der Waals surface area contributed by atoms with E-state index >= 15 is 0 Å². The van der Waals surface area contributed by atoms with E-state index in [0.29, 0.717) is 78.2 Å². The molecule has 1 aliphatic heterocycles. The predicted molar refractivity (Wildman–Crippen MR) is 167 cm³/mol. The fourth-order valence-corrected chi connectivity index (χ4v) is 6.07. The normalized spacial score (nSPS) is 14.3. The highest BCUT2D eigenvalue weighted by molar-refractivity contribution is 6.05. The molecule has 7 rings (SSSR count). The molecule has 230 valence electrons. The minimum atomic E-state index is -0.280. The number of nitrogens with two attached hydrogens (primary N) is 1. The molecule has 1 aromatic carbocycles. The van der Waals surface area contributed by atoms with Crippen molar-refractivity contribution in [1.29, 1.82) is 0 Å². The Balaban J connectivity index is 1.17. The summed E-state index contributed by atoms with van der Waals surface area (Å²) in [7, 11) is 1.61. The van der Waals surface area contributed by atoms with Crippen molar-refractivity contribution in [3.05, 3.63) is 72.1 Å². The summed E-state index contributed by atoms with van der Waals surface area (Å²) in [6, 6.07) is 10.4. The van der Waals surface area contributed by atoms with Crippen LogP contribution in [-0.4, -0.2) is 84.7 Å². The lowest BCUT2D eigenvalue weighted by molar-refractivity contribution is 0.0952. The smallest absolute Gasteiger partial charge is 0.268 e. The van der Waals surface area contributed by atoms with E-state index in [1.807, 2.05) is 29.7 Å². The third-order valence-corrected chi connectivity index (χ3v) is 8.28.